The zero-order chi connectivity index (χ0) is 44.2. The fourth-order valence-electron chi connectivity index (χ4n) is 12.8. The smallest absolute Gasteiger partial charge is 0.135 e. The van der Waals surface area contributed by atoms with Crippen LogP contribution >= 0.6 is 0 Å². The highest BCUT2D eigenvalue weighted by Gasteiger charge is 2.53. The summed E-state index contributed by atoms with van der Waals surface area (Å²) >= 11 is 0. The minimum absolute atomic E-state index is 0.171. The van der Waals surface area contributed by atoms with Crippen molar-refractivity contribution in [1.29, 1.82) is 0 Å². The molecule has 1 atom stereocenters. The summed E-state index contributed by atoms with van der Waals surface area (Å²) in [5, 5.41) is 4.74. The molecule has 1 spiro atoms. The fourth-order valence-corrected chi connectivity index (χ4v) is 12.8. The van der Waals surface area contributed by atoms with Crippen molar-refractivity contribution in [2.45, 2.75) is 24.7 Å². The lowest BCUT2D eigenvalue weighted by molar-refractivity contribution is 0.660. The maximum Gasteiger partial charge on any atom is 0.135 e. The highest BCUT2D eigenvalue weighted by Crippen LogP contribution is 2.65. The lowest BCUT2D eigenvalue weighted by Gasteiger charge is -2.32. The number of hydrogen-bond donors (Lipinski definition) is 0. The second-order valence-electron chi connectivity index (χ2n) is 19.2. The molecular weight excluding hydrogens is 813 g/mol. The van der Waals surface area contributed by atoms with Crippen LogP contribution in [0.4, 0.5) is 17.1 Å². The summed E-state index contributed by atoms with van der Waals surface area (Å²) in [6, 6.07) is 81.3. The Morgan fingerprint density at radius 3 is 1.82 bits per heavy atom. The molecule has 3 nitrogen and oxygen atoms in total. The third kappa shape index (κ3) is 4.70. The number of nitrogens with zero attached hydrogens (tertiary/aromatic N) is 2. The number of hydrogen-bond acceptors (Lipinski definition) is 2. The Balaban J connectivity index is 1.03. The molecule has 0 amide bonds. The molecular formula is C64H42N2O. The van der Waals surface area contributed by atoms with E-state index in [1.165, 1.54) is 88.6 Å². The monoisotopic (exact) mass is 854 g/mol. The second-order valence-corrected chi connectivity index (χ2v) is 19.2. The summed E-state index contributed by atoms with van der Waals surface area (Å²) in [7, 11) is 0. The van der Waals surface area contributed by atoms with Crippen LogP contribution in [-0.4, -0.2) is 4.57 Å². The molecule has 3 heteroatoms. The highest BCUT2D eigenvalue weighted by atomic mass is 16.3. The quantitative estimate of drug-likeness (QED) is 0.176. The van der Waals surface area contributed by atoms with E-state index in [0.717, 1.165) is 44.7 Å². The van der Waals surface area contributed by atoms with Crippen molar-refractivity contribution in [3.8, 4) is 39.1 Å². The maximum absolute atomic E-state index is 6.70. The fraction of sp³-hybridized carbons (Fsp3) is 0.0625. The average molecular weight is 855 g/mol. The van der Waals surface area contributed by atoms with Gasteiger partial charge in [0.05, 0.1) is 22.1 Å². The zero-order valence-corrected chi connectivity index (χ0v) is 37.1. The Morgan fingerprint density at radius 1 is 0.373 bits per heavy atom. The molecule has 0 saturated carbocycles. The molecule has 15 rings (SSSR count). The molecule has 67 heavy (non-hydrogen) atoms. The summed E-state index contributed by atoms with van der Waals surface area (Å²) < 4.78 is 9.10. The van der Waals surface area contributed by atoms with Gasteiger partial charge in [-0.2, -0.15) is 0 Å². The first-order chi connectivity index (χ1) is 33.0. The number of rotatable bonds is 4. The minimum Gasteiger partial charge on any atom is -0.456 e. The van der Waals surface area contributed by atoms with Crippen LogP contribution in [0, 0.1) is 0 Å². The molecule has 10 aromatic carbocycles. The van der Waals surface area contributed by atoms with Gasteiger partial charge in [0.25, 0.3) is 0 Å². The first-order valence-electron chi connectivity index (χ1n) is 23.4. The molecule has 0 aliphatic heterocycles. The van der Waals surface area contributed by atoms with Gasteiger partial charge in [-0.15, -0.1) is 0 Å². The second kappa shape index (κ2) is 13.1. The molecule has 0 fully saturated rings. The number of aromatic nitrogens is 1. The van der Waals surface area contributed by atoms with Crippen molar-refractivity contribution >= 4 is 60.8 Å². The minimum atomic E-state index is -0.568. The molecule has 0 saturated heterocycles. The summed E-state index contributed by atoms with van der Waals surface area (Å²) in [5.74, 6) is 0. The molecule has 2 aromatic heterocycles. The normalized spacial score (nSPS) is 15.8. The molecule has 0 bridgehead atoms. The molecule has 3 aliphatic carbocycles. The maximum atomic E-state index is 6.70. The van der Waals surface area contributed by atoms with Crippen LogP contribution in [0.2, 0.25) is 0 Å². The van der Waals surface area contributed by atoms with E-state index >= 15 is 0 Å². The van der Waals surface area contributed by atoms with E-state index in [2.05, 4.69) is 242 Å². The number of anilines is 3. The Kier molecular flexibility index (Phi) is 7.22. The number of benzene rings is 10. The van der Waals surface area contributed by atoms with Gasteiger partial charge in [-0.05, 0) is 134 Å². The van der Waals surface area contributed by atoms with Gasteiger partial charge < -0.3 is 13.9 Å². The summed E-state index contributed by atoms with van der Waals surface area (Å²) in [6.07, 6.45) is 0. The van der Waals surface area contributed by atoms with Crippen molar-refractivity contribution < 1.29 is 4.42 Å². The molecule has 314 valence electrons. The van der Waals surface area contributed by atoms with Crippen molar-refractivity contribution in [3.05, 3.63) is 252 Å². The molecule has 0 N–H and O–H groups in total. The Bertz CT molecular complexity index is 4090. The van der Waals surface area contributed by atoms with Crippen molar-refractivity contribution in [3.63, 3.8) is 0 Å². The van der Waals surface area contributed by atoms with Crippen molar-refractivity contribution in [2.75, 3.05) is 4.90 Å². The van der Waals surface area contributed by atoms with Gasteiger partial charge in [-0.3, -0.25) is 0 Å². The lowest BCUT2D eigenvalue weighted by Crippen LogP contribution is -2.26. The highest BCUT2D eigenvalue weighted by molar-refractivity contribution is 6.12. The average Bonchev–Trinajstić information content (AvgIpc) is 4.14. The summed E-state index contributed by atoms with van der Waals surface area (Å²) in [6.45, 7) is 4.76. The van der Waals surface area contributed by atoms with Crippen LogP contribution < -0.4 is 4.90 Å². The molecule has 12 aromatic rings. The SMILES string of the molecule is CC1(C)c2ccccc2-c2ccc(N(c3ccc4c(c3)c3ccccc3n4-c3ccccc3)c3cccc4c3-c3ccccc3C43c4ccccc4-c4cc5c(cc43)oc3ccccc35)cc21. The van der Waals surface area contributed by atoms with E-state index < -0.39 is 5.41 Å². The van der Waals surface area contributed by atoms with Crippen LogP contribution in [0.1, 0.15) is 47.2 Å². The Hall–Kier alpha value is -8.40. The largest absolute Gasteiger partial charge is 0.456 e. The van der Waals surface area contributed by atoms with Crippen molar-refractivity contribution in [2.24, 2.45) is 0 Å². The molecule has 2 heterocycles. The van der Waals surface area contributed by atoms with E-state index in [9.17, 15) is 0 Å². The van der Waals surface area contributed by atoms with Gasteiger partial charge in [0, 0.05) is 49.6 Å². The van der Waals surface area contributed by atoms with Crippen LogP contribution in [0.25, 0.3) is 82.8 Å². The van der Waals surface area contributed by atoms with Gasteiger partial charge in [0.15, 0.2) is 0 Å². The van der Waals surface area contributed by atoms with E-state index in [4.69, 9.17) is 4.42 Å². The lowest BCUT2D eigenvalue weighted by atomic mass is 9.70. The zero-order valence-electron chi connectivity index (χ0n) is 37.1. The van der Waals surface area contributed by atoms with Crippen LogP contribution in [0.5, 0.6) is 0 Å². The van der Waals surface area contributed by atoms with Gasteiger partial charge in [-0.25, -0.2) is 0 Å². The van der Waals surface area contributed by atoms with Gasteiger partial charge in [-0.1, -0.05) is 159 Å². The van der Waals surface area contributed by atoms with Crippen LogP contribution in [-0.2, 0) is 10.8 Å². The molecule has 3 aliphatic rings. The van der Waals surface area contributed by atoms with Crippen LogP contribution in [0.3, 0.4) is 0 Å². The summed E-state index contributed by atoms with van der Waals surface area (Å²) in [4.78, 5) is 2.55. The third-order valence-corrected chi connectivity index (χ3v) is 15.6. The number of para-hydroxylation sites is 3. The molecule has 0 radical (unpaired) electrons. The Morgan fingerprint density at radius 2 is 0.985 bits per heavy atom. The van der Waals surface area contributed by atoms with E-state index in [0.29, 0.717) is 0 Å². The van der Waals surface area contributed by atoms with Crippen LogP contribution in [0.15, 0.2) is 223 Å². The Labute approximate surface area is 388 Å². The van der Waals surface area contributed by atoms with Gasteiger partial charge in [0.1, 0.15) is 11.2 Å². The standard InChI is InChI=1S/C64H42N2O/c1-63(2)51-24-11-6-19-42(51)44-33-31-41(36-55(44)63)65(40-32-34-58-49(35-40)45-21-9-14-28-57(45)66(58)39-17-4-3-5-18-39)59-29-16-27-54-62(59)47-23-8-13-26-53(47)64(54)52-25-12-7-20-43(52)48-37-50-46-22-10-15-30-60(46)67-61(50)38-56(48)64/h3-38H,1-2H3. The summed E-state index contributed by atoms with van der Waals surface area (Å²) in [5.41, 5.74) is 23.6. The van der Waals surface area contributed by atoms with E-state index in [1.54, 1.807) is 0 Å². The van der Waals surface area contributed by atoms with Gasteiger partial charge >= 0.3 is 0 Å². The number of fused-ring (bicyclic) bond motifs is 19. The van der Waals surface area contributed by atoms with Gasteiger partial charge in [0.2, 0.25) is 0 Å². The number of furan rings is 1. The predicted octanol–water partition coefficient (Wildman–Crippen LogP) is 16.8. The van der Waals surface area contributed by atoms with E-state index in [1.807, 2.05) is 0 Å². The third-order valence-electron chi connectivity index (χ3n) is 15.6. The first-order valence-corrected chi connectivity index (χ1v) is 23.4. The first kappa shape index (κ1) is 36.9. The topological polar surface area (TPSA) is 21.3 Å². The van der Waals surface area contributed by atoms with Crippen molar-refractivity contribution in [1.82, 2.24) is 4.57 Å². The van der Waals surface area contributed by atoms with E-state index in [-0.39, 0.29) is 5.41 Å². The molecule has 1 unspecified atom stereocenters. The predicted molar refractivity (Wildman–Crippen MR) is 277 cm³/mol.